The Morgan fingerprint density at radius 2 is 1.32 bits per heavy atom. The van der Waals surface area contributed by atoms with Crippen molar-refractivity contribution in [3.8, 4) is 23.0 Å². The lowest BCUT2D eigenvalue weighted by Gasteiger charge is -2.35. The number of carboxylic acids is 1. The minimum atomic E-state index is -0.899. The van der Waals surface area contributed by atoms with Crippen molar-refractivity contribution in [2.75, 3.05) is 54.6 Å². The van der Waals surface area contributed by atoms with E-state index in [0.29, 0.717) is 25.6 Å². The van der Waals surface area contributed by atoms with Gasteiger partial charge in [-0.05, 0) is 79.5 Å². The first-order valence-corrected chi connectivity index (χ1v) is 16.8. The summed E-state index contributed by atoms with van der Waals surface area (Å²) in [7, 11) is 6.76. The number of halogens is 1. The Labute approximate surface area is 300 Å². The fraction of sp³-hybridized carbons (Fsp3) is 0.556. The first-order chi connectivity index (χ1) is 23.5. The number of hydrogen-bond donors (Lipinski definition) is 4. The van der Waals surface area contributed by atoms with Crippen molar-refractivity contribution in [3.05, 3.63) is 45.5 Å². The molecule has 2 aliphatic heterocycles. The van der Waals surface area contributed by atoms with Crippen LogP contribution in [0.4, 0.5) is 0 Å². The second kappa shape index (κ2) is 18.7. The van der Waals surface area contributed by atoms with Crippen molar-refractivity contribution in [2.24, 2.45) is 0 Å². The van der Waals surface area contributed by atoms with E-state index >= 15 is 0 Å². The van der Waals surface area contributed by atoms with Crippen LogP contribution in [0.1, 0.15) is 85.0 Å². The van der Waals surface area contributed by atoms with Crippen LogP contribution >= 0.6 is 12.4 Å². The summed E-state index contributed by atoms with van der Waals surface area (Å²) in [6.07, 6.45) is 6.34. The zero-order valence-corrected chi connectivity index (χ0v) is 30.7. The number of hydrogen-bond acceptors (Lipinski definition) is 9. The van der Waals surface area contributed by atoms with Gasteiger partial charge in [0.05, 0.1) is 40.9 Å². The Morgan fingerprint density at radius 1 is 0.780 bits per heavy atom. The van der Waals surface area contributed by atoms with Gasteiger partial charge in [0.25, 0.3) is 0 Å². The molecule has 2 aromatic carbocycles. The maximum Gasteiger partial charge on any atom is 0.305 e. The van der Waals surface area contributed by atoms with Crippen LogP contribution in [0.2, 0.25) is 0 Å². The van der Waals surface area contributed by atoms with E-state index in [1.165, 1.54) is 53.6 Å². The molecule has 50 heavy (non-hydrogen) atoms. The number of aliphatic carboxylic acids is 1. The van der Waals surface area contributed by atoms with Crippen LogP contribution in [0, 0.1) is 0 Å². The molecule has 2 aliphatic carbocycles. The summed E-state index contributed by atoms with van der Waals surface area (Å²) in [5.74, 6) is 2.30. The quantitative estimate of drug-likeness (QED) is 0.286. The Kier molecular flexibility index (Phi) is 15.0. The summed E-state index contributed by atoms with van der Waals surface area (Å²) in [6, 6.07) is 4.86. The minimum absolute atomic E-state index is 0. The van der Waals surface area contributed by atoms with Crippen molar-refractivity contribution in [3.63, 3.8) is 0 Å². The number of amides is 3. The number of carboxylic acid groups (broad SMARTS) is 1. The molecular formula is C36H51ClN4O9. The van der Waals surface area contributed by atoms with Crippen LogP contribution in [0.15, 0.2) is 12.1 Å². The predicted molar refractivity (Wildman–Crippen MR) is 190 cm³/mol. The van der Waals surface area contributed by atoms with Crippen LogP contribution in [0.3, 0.4) is 0 Å². The number of ether oxygens (including phenoxy) is 4. The average molecular weight is 719 g/mol. The third kappa shape index (κ3) is 9.30. The molecule has 2 heterocycles. The van der Waals surface area contributed by atoms with Gasteiger partial charge in [0.2, 0.25) is 17.7 Å². The fourth-order valence-electron chi connectivity index (χ4n) is 7.33. The molecule has 0 radical (unpaired) electrons. The maximum atomic E-state index is 12.6. The van der Waals surface area contributed by atoms with E-state index in [0.717, 1.165) is 61.6 Å². The number of methoxy groups -OCH3 is 4. The van der Waals surface area contributed by atoms with Gasteiger partial charge in [-0.1, -0.05) is 0 Å². The molecule has 0 spiro atoms. The van der Waals surface area contributed by atoms with Crippen molar-refractivity contribution >= 4 is 36.1 Å². The normalized spacial score (nSPS) is 17.2. The first kappa shape index (κ1) is 40.2. The summed E-state index contributed by atoms with van der Waals surface area (Å²) >= 11 is 0. The van der Waals surface area contributed by atoms with Gasteiger partial charge in [-0.15, -0.1) is 12.4 Å². The summed E-state index contributed by atoms with van der Waals surface area (Å²) in [5, 5.41) is 16.7. The van der Waals surface area contributed by atoms with E-state index in [9.17, 15) is 19.2 Å². The van der Waals surface area contributed by atoms with Crippen molar-refractivity contribution in [1.82, 2.24) is 20.9 Å². The molecule has 4 N–H and O–H groups in total. The van der Waals surface area contributed by atoms with E-state index in [1.54, 1.807) is 28.4 Å². The molecule has 0 bridgehead atoms. The molecule has 0 saturated heterocycles. The standard InChI is InChI=1S/C18H24N2O4.C13H17NO2.C5H9NO3.ClH/c1-11(21)19-8-6-16(22)20-9-7-12-10-15(23-2)18(24-3)13-4-5-14(20)17(12)13;1-15-11-7-8-5-6-14-10-4-3-9(12(8)10)13(11)16-2;1-4(7)6-3-2-5(8)9;/h10,14H,4-9H2,1-3H3,(H,19,21);7,10,14H,3-6H2,1-2H3;2-3H2,1H3,(H,6,7)(H,8,9);1H. The monoisotopic (exact) mass is 718 g/mol. The number of rotatable bonds is 10. The average Bonchev–Trinajstić information content (AvgIpc) is 3.72. The smallest absolute Gasteiger partial charge is 0.305 e. The van der Waals surface area contributed by atoms with Gasteiger partial charge in [-0.3, -0.25) is 19.2 Å². The van der Waals surface area contributed by atoms with Crippen molar-refractivity contribution < 1.29 is 43.2 Å². The van der Waals surface area contributed by atoms with Gasteiger partial charge in [0.15, 0.2) is 23.0 Å². The molecule has 13 nitrogen and oxygen atoms in total. The molecule has 3 amide bonds. The third-order valence-electron chi connectivity index (χ3n) is 9.36. The molecule has 14 heteroatoms. The van der Waals surface area contributed by atoms with E-state index in [2.05, 4.69) is 28.1 Å². The molecule has 276 valence electrons. The van der Waals surface area contributed by atoms with E-state index in [-0.39, 0.29) is 49.1 Å². The zero-order chi connectivity index (χ0) is 35.7. The lowest BCUT2D eigenvalue weighted by molar-refractivity contribution is -0.137. The predicted octanol–water partition coefficient (Wildman–Crippen LogP) is 3.46. The van der Waals surface area contributed by atoms with E-state index in [1.807, 2.05) is 4.90 Å². The molecule has 4 aliphatic rings. The second-order valence-electron chi connectivity index (χ2n) is 12.4. The molecule has 2 unspecified atom stereocenters. The van der Waals surface area contributed by atoms with Gasteiger partial charge < -0.3 is 44.9 Å². The third-order valence-corrected chi connectivity index (χ3v) is 9.36. The summed E-state index contributed by atoms with van der Waals surface area (Å²) in [6.45, 7) is 5.21. The Morgan fingerprint density at radius 3 is 1.86 bits per heavy atom. The van der Waals surface area contributed by atoms with Gasteiger partial charge in [-0.2, -0.15) is 0 Å². The molecule has 0 aromatic heterocycles. The molecule has 0 fully saturated rings. The van der Waals surface area contributed by atoms with Crippen LogP contribution < -0.4 is 34.9 Å². The highest BCUT2D eigenvalue weighted by atomic mass is 35.5. The van der Waals surface area contributed by atoms with E-state index < -0.39 is 5.97 Å². The summed E-state index contributed by atoms with van der Waals surface area (Å²) in [4.78, 5) is 45.5. The lowest BCUT2D eigenvalue weighted by Crippen LogP contribution is -2.40. The summed E-state index contributed by atoms with van der Waals surface area (Å²) in [5.41, 5.74) is 7.95. The molecular weight excluding hydrogens is 668 g/mol. The largest absolute Gasteiger partial charge is 0.493 e. The van der Waals surface area contributed by atoms with Crippen LogP contribution in [-0.2, 0) is 44.9 Å². The molecule has 0 saturated carbocycles. The number of carbonyl (C=O) groups is 4. The SMILES string of the molecule is CC(=O)NCCC(=O)O.COc1cc2c3c(c1OC)CCC3N(C(=O)CCNC(C)=O)CC2.COc1cc2c3c(c1OC)CCC3NCC2.Cl. The Hall–Kier alpha value is -4.23. The number of nitrogens with zero attached hydrogens (tertiary/aromatic N) is 1. The van der Waals surface area contributed by atoms with Crippen molar-refractivity contribution in [1.29, 1.82) is 0 Å². The molecule has 2 aromatic rings. The van der Waals surface area contributed by atoms with Crippen LogP contribution in [0.25, 0.3) is 0 Å². The second-order valence-corrected chi connectivity index (χ2v) is 12.4. The van der Waals surface area contributed by atoms with Gasteiger partial charge >= 0.3 is 5.97 Å². The van der Waals surface area contributed by atoms with E-state index in [4.69, 9.17) is 24.1 Å². The van der Waals surface area contributed by atoms with Crippen molar-refractivity contribution in [2.45, 2.75) is 77.3 Å². The highest BCUT2D eigenvalue weighted by Gasteiger charge is 2.38. The van der Waals surface area contributed by atoms with Gasteiger partial charge in [0.1, 0.15) is 0 Å². The van der Waals surface area contributed by atoms with Crippen LogP contribution in [-0.4, -0.2) is 88.3 Å². The molecule has 6 rings (SSSR count). The van der Waals surface area contributed by atoms with Gasteiger partial charge in [0, 0.05) is 57.1 Å². The summed E-state index contributed by atoms with van der Waals surface area (Å²) < 4.78 is 21.9. The number of nitrogens with one attached hydrogen (secondary N) is 3. The zero-order valence-electron chi connectivity index (χ0n) is 29.9. The fourth-order valence-corrected chi connectivity index (χ4v) is 7.33. The number of carbonyl (C=O) groups excluding carboxylic acids is 3. The lowest BCUT2D eigenvalue weighted by atomic mass is 9.92. The first-order valence-electron chi connectivity index (χ1n) is 16.8. The Balaban J connectivity index is 0.000000224. The van der Waals surface area contributed by atoms with Crippen LogP contribution in [0.5, 0.6) is 23.0 Å². The molecule has 2 atom stereocenters. The topological polar surface area (TPSA) is 165 Å². The maximum absolute atomic E-state index is 12.6. The Bertz CT molecular complexity index is 1540. The highest BCUT2D eigenvalue weighted by molar-refractivity contribution is 5.85. The van der Waals surface area contributed by atoms with Gasteiger partial charge in [-0.25, -0.2) is 0 Å². The highest BCUT2D eigenvalue weighted by Crippen LogP contribution is 2.49. The number of benzene rings is 2. The minimum Gasteiger partial charge on any atom is -0.493 e.